The third kappa shape index (κ3) is 8.68. The Morgan fingerprint density at radius 1 is 0.191 bits per heavy atom. The fraction of sp³-hybridized carbons (Fsp3) is 0.303. The minimum Gasteiger partial charge on any atom is -0.309 e. The molecule has 0 unspecified atom stereocenters. The van der Waals surface area contributed by atoms with Crippen molar-refractivity contribution in [3.63, 3.8) is 0 Å². The lowest BCUT2D eigenvalue weighted by molar-refractivity contribution is 1.09. The van der Waals surface area contributed by atoms with Gasteiger partial charge in [-0.25, -0.2) is 0 Å². The first-order valence-corrected chi connectivity index (χ1v) is 24.6. The second kappa shape index (κ2) is 19.3. The predicted octanol–water partition coefficient (Wildman–Crippen LogP) is 19.1. The van der Waals surface area contributed by atoms with Crippen molar-refractivity contribution in [2.75, 3.05) is 9.80 Å². The summed E-state index contributed by atoms with van der Waals surface area (Å²) in [4.78, 5) is 5.08. The van der Waals surface area contributed by atoms with Gasteiger partial charge in [-0.3, -0.25) is 0 Å². The average Bonchev–Trinajstić information content (AvgIpc) is 3.34. The van der Waals surface area contributed by atoms with Crippen LogP contribution in [0.25, 0.3) is 24.3 Å². The maximum atomic E-state index is 2.54. The van der Waals surface area contributed by atoms with Crippen LogP contribution in [-0.4, -0.2) is 0 Å². The molecule has 2 heteroatoms. The Balaban J connectivity index is 1.15. The highest BCUT2D eigenvalue weighted by atomic mass is 15.2. The molecular formula is C66H76N2. The third-order valence-corrected chi connectivity index (χ3v) is 16.9. The van der Waals surface area contributed by atoms with Gasteiger partial charge in [-0.15, -0.1) is 0 Å². The van der Waals surface area contributed by atoms with Crippen LogP contribution < -0.4 is 9.80 Å². The summed E-state index contributed by atoms with van der Waals surface area (Å²) in [5.41, 5.74) is 39.4. The van der Waals surface area contributed by atoms with E-state index in [1.54, 1.807) is 0 Å². The Bertz CT molecular complexity index is 2700. The quantitative estimate of drug-likeness (QED) is 0.126. The molecule has 0 radical (unpaired) electrons. The molecule has 0 saturated heterocycles. The normalized spacial score (nSPS) is 11.7. The van der Waals surface area contributed by atoms with Crippen molar-refractivity contribution < 1.29 is 0 Å². The van der Waals surface area contributed by atoms with Crippen LogP contribution in [0.5, 0.6) is 0 Å². The first kappa shape index (κ1) is 49.5. The first-order chi connectivity index (χ1) is 32.1. The van der Waals surface area contributed by atoms with Crippen molar-refractivity contribution in [3.8, 4) is 0 Å². The molecule has 0 aliphatic carbocycles. The molecule has 0 fully saturated rings. The fourth-order valence-corrected chi connectivity index (χ4v) is 10.6. The molecule has 0 bridgehead atoms. The van der Waals surface area contributed by atoms with E-state index in [4.69, 9.17) is 0 Å². The fourth-order valence-electron chi connectivity index (χ4n) is 10.6. The van der Waals surface area contributed by atoms with Crippen molar-refractivity contribution >= 4 is 58.4 Å². The molecule has 2 nitrogen and oxygen atoms in total. The highest BCUT2D eigenvalue weighted by Gasteiger charge is 2.27. The van der Waals surface area contributed by atoms with E-state index in [0.29, 0.717) is 0 Å². The Labute approximate surface area is 411 Å². The summed E-state index contributed by atoms with van der Waals surface area (Å²) in [6, 6.07) is 27.0. The Kier molecular flexibility index (Phi) is 14.1. The van der Waals surface area contributed by atoms with Gasteiger partial charge in [0.1, 0.15) is 0 Å². The Morgan fingerprint density at radius 2 is 0.324 bits per heavy atom. The maximum Gasteiger partial charge on any atom is 0.0525 e. The average molecular weight is 897 g/mol. The van der Waals surface area contributed by atoms with E-state index >= 15 is 0 Å². The molecule has 0 N–H and O–H groups in total. The van der Waals surface area contributed by atoms with E-state index in [1.165, 1.54) is 168 Å². The lowest BCUT2D eigenvalue weighted by Gasteiger charge is -2.35. The SMILES string of the molecule is Cc1c(C)c(C)c(N(c2ccc(/C=C/c3ccc(/C=C/c4ccc(N(c5c(C)c(C)c(C)c(C)c5C)c5c(C)c(C)c(C)c(C)c5C)cc4)cc3)cc2)c2c(C)c(C)c(C)c(C)c2C)c(C)c1C. The molecule has 0 atom stereocenters. The van der Waals surface area contributed by atoms with Crippen LogP contribution in [0.15, 0.2) is 72.8 Å². The van der Waals surface area contributed by atoms with E-state index in [1.807, 2.05) is 0 Å². The van der Waals surface area contributed by atoms with Crippen LogP contribution in [0.1, 0.15) is 134 Å². The van der Waals surface area contributed by atoms with Gasteiger partial charge in [0.25, 0.3) is 0 Å². The minimum atomic E-state index is 1.17. The van der Waals surface area contributed by atoms with Crippen LogP contribution in [-0.2, 0) is 0 Å². The molecule has 0 spiro atoms. The lowest BCUT2D eigenvalue weighted by Crippen LogP contribution is -2.18. The summed E-state index contributed by atoms with van der Waals surface area (Å²) >= 11 is 0. The topological polar surface area (TPSA) is 6.48 Å². The summed E-state index contributed by atoms with van der Waals surface area (Å²) < 4.78 is 0. The van der Waals surface area contributed by atoms with Crippen molar-refractivity contribution in [1.82, 2.24) is 0 Å². The molecule has 350 valence electrons. The van der Waals surface area contributed by atoms with Gasteiger partial charge in [-0.05, 0) is 296 Å². The van der Waals surface area contributed by atoms with Gasteiger partial charge in [-0.1, -0.05) is 72.8 Å². The molecule has 0 aliphatic heterocycles. The third-order valence-electron chi connectivity index (χ3n) is 16.9. The molecule has 7 aromatic rings. The van der Waals surface area contributed by atoms with E-state index < -0.39 is 0 Å². The van der Waals surface area contributed by atoms with Crippen molar-refractivity contribution in [1.29, 1.82) is 0 Å². The second-order valence-corrected chi connectivity index (χ2v) is 20.1. The summed E-state index contributed by atoms with van der Waals surface area (Å²) in [5, 5.41) is 0. The van der Waals surface area contributed by atoms with Gasteiger partial charge in [0.05, 0.1) is 22.7 Å². The van der Waals surface area contributed by atoms with Crippen LogP contribution in [0.4, 0.5) is 34.1 Å². The number of hydrogen-bond donors (Lipinski definition) is 0. The van der Waals surface area contributed by atoms with E-state index in [0.717, 1.165) is 0 Å². The zero-order valence-corrected chi connectivity index (χ0v) is 45.1. The standard InChI is InChI=1S/C66H76N2/c1-37-41(5)49(13)63(50(14)42(37)6)67(64-51(15)43(7)38(2)44(8)52(64)16)61-33-29-59(30-34-61)27-25-57-21-23-58(24-22-57)26-28-60-31-35-62(36-32-60)68(65-53(17)45(9)39(3)46(10)54(65)18)66-55(19)47(11)40(4)48(12)56(66)20/h21-36H,1-20H3/b27-25+,28-26+. The number of hydrogen-bond acceptors (Lipinski definition) is 2. The largest absolute Gasteiger partial charge is 0.309 e. The van der Waals surface area contributed by atoms with Crippen LogP contribution in [0.2, 0.25) is 0 Å². The molecule has 7 rings (SSSR count). The van der Waals surface area contributed by atoms with Gasteiger partial charge < -0.3 is 9.80 Å². The zero-order valence-electron chi connectivity index (χ0n) is 45.1. The van der Waals surface area contributed by atoms with Gasteiger partial charge >= 0.3 is 0 Å². The van der Waals surface area contributed by atoms with Gasteiger partial charge in [0, 0.05) is 11.4 Å². The number of anilines is 6. The van der Waals surface area contributed by atoms with Crippen LogP contribution >= 0.6 is 0 Å². The van der Waals surface area contributed by atoms with Crippen LogP contribution in [0.3, 0.4) is 0 Å². The summed E-state index contributed by atoms with van der Waals surface area (Å²) in [6.45, 7) is 45.6. The van der Waals surface area contributed by atoms with E-state index in [2.05, 4.69) is 245 Å². The summed E-state index contributed by atoms with van der Waals surface area (Å²) in [7, 11) is 0. The number of rotatable bonds is 10. The Morgan fingerprint density at radius 3 is 0.485 bits per heavy atom. The predicted molar refractivity (Wildman–Crippen MR) is 301 cm³/mol. The smallest absolute Gasteiger partial charge is 0.0525 e. The van der Waals surface area contributed by atoms with Gasteiger partial charge in [0.15, 0.2) is 0 Å². The van der Waals surface area contributed by atoms with Crippen molar-refractivity contribution in [2.45, 2.75) is 138 Å². The van der Waals surface area contributed by atoms with Gasteiger partial charge in [0.2, 0.25) is 0 Å². The highest BCUT2D eigenvalue weighted by molar-refractivity contribution is 5.89. The van der Waals surface area contributed by atoms with Crippen molar-refractivity contribution in [3.05, 3.63) is 206 Å². The summed E-state index contributed by atoms with van der Waals surface area (Å²) in [6.07, 6.45) is 8.88. The Hall–Kier alpha value is -6.38. The lowest BCUT2D eigenvalue weighted by atomic mass is 9.89. The number of benzene rings is 7. The molecule has 0 amide bonds. The second-order valence-electron chi connectivity index (χ2n) is 20.1. The van der Waals surface area contributed by atoms with Crippen molar-refractivity contribution in [2.24, 2.45) is 0 Å². The highest BCUT2D eigenvalue weighted by Crippen LogP contribution is 2.48. The van der Waals surface area contributed by atoms with E-state index in [9.17, 15) is 0 Å². The zero-order chi connectivity index (χ0) is 49.8. The van der Waals surface area contributed by atoms with E-state index in [-0.39, 0.29) is 0 Å². The van der Waals surface area contributed by atoms with Crippen LogP contribution in [0, 0.1) is 138 Å². The monoisotopic (exact) mass is 897 g/mol. The molecule has 0 heterocycles. The first-order valence-electron chi connectivity index (χ1n) is 24.6. The van der Waals surface area contributed by atoms with Gasteiger partial charge in [-0.2, -0.15) is 0 Å². The molecule has 0 aliphatic rings. The molecule has 0 aromatic heterocycles. The minimum absolute atomic E-state index is 1.17. The maximum absolute atomic E-state index is 2.54. The molecule has 0 saturated carbocycles. The molecular weight excluding hydrogens is 821 g/mol. The molecule has 7 aromatic carbocycles. The number of nitrogens with zero attached hydrogens (tertiary/aromatic N) is 2. The summed E-state index contributed by atoms with van der Waals surface area (Å²) in [5.74, 6) is 0. The molecule has 68 heavy (non-hydrogen) atoms.